The van der Waals surface area contributed by atoms with E-state index in [-0.39, 0.29) is 0 Å². The van der Waals surface area contributed by atoms with E-state index in [2.05, 4.69) is 43.4 Å². The molecule has 88 valence electrons. The van der Waals surface area contributed by atoms with E-state index in [4.69, 9.17) is 4.98 Å². The van der Waals surface area contributed by atoms with E-state index >= 15 is 0 Å². The van der Waals surface area contributed by atoms with Crippen LogP contribution in [0.2, 0.25) is 0 Å². The molecular weight excluding hydrogens is 248 g/mol. The number of hydrogen-bond acceptors (Lipinski definition) is 4. The van der Waals surface area contributed by atoms with Crippen LogP contribution in [0.25, 0.3) is 11.3 Å². The maximum absolute atomic E-state index is 4.73. The summed E-state index contributed by atoms with van der Waals surface area (Å²) in [6.07, 6.45) is 0. The van der Waals surface area contributed by atoms with Crippen LogP contribution in [0.1, 0.15) is 18.7 Å². The zero-order chi connectivity index (χ0) is 11.8. The smallest absolute Gasteiger partial charge is 0.183 e. The molecule has 2 nitrogen and oxygen atoms in total. The highest BCUT2D eigenvalue weighted by Gasteiger charge is 2.20. The molecule has 0 fully saturated rings. The van der Waals surface area contributed by atoms with Gasteiger partial charge in [-0.1, -0.05) is 18.2 Å². The Kier molecular flexibility index (Phi) is 2.84. The van der Waals surface area contributed by atoms with Crippen LogP contribution < -0.4 is 5.32 Å². The zero-order valence-electron chi connectivity index (χ0n) is 9.86. The maximum Gasteiger partial charge on any atom is 0.183 e. The third kappa shape index (κ3) is 2.07. The summed E-state index contributed by atoms with van der Waals surface area (Å²) in [6.45, 7) is 4.28. The van der Waals surface area contributed by atoms with Crippen molar-refractivity contribution in [2.24, 2.45) is 0 Å². The fraction of sp³-hybridized carbons (Fsp3) is 0.308. The van der Waals surface area contributed by atoms with E-state index in [1.807, 2.05) is 11.8 Å². The highest BCUT2D eigenvalue weighted by Crippen LogP contribution is 2.44. The monoisotopic (exact) mass is 262 g/mol. The van der Waals surface area contributed by atoms with Crippen LogP contribution >= 0.6 is 23.1 Å². The van der Waals surface area contributed by atoms with E-state index in [1.54, 1.807) is 11.3 Å². The Balaban J connectivity index is 2.04. The van der Waals surface area contributed by atoms with Crippen molar-refractivity contribution in [3.8, 4) is 11.3 Å². The number of nitrogens with zero attached hydrogens (tertiary/aromatic N) is 1. The lowest BCUT2D eigenvalue weighted by Crippen LogP contribution is -2.08. The third-order valence-electron chi connectivity index (χ3n) is 2.61. The molecule has 17 heavy (non-hydrogen) atoms. The number of hydrogen-bond donors (Lipinski definition) is 1. The molecule has 3 rings (SSSR count). The van der Waals surface area contributed by atoms with Gasteiger partial charge >= 0.3 is 0 Å². The van der Waals surface area contributed by atoms with Crippen LogP contribution in [-0.2, 0) is 5.75 Å². The van der Waals surface area contributed by atoms with Gasteiger partial charge in [0.15, 0.2) is 5.13 Å². The summed E-state index contributed by atoms with van der Waals surface area (Å²) >= 11 is 3.69. The van der Waals surface area contributed by atoms with E-state index in [0.29, 0.717) is 6.04 Å². The molecule has 1 aromatic carbocycles. The molecule has 0 bridgehead atoms. The molecule has 1 aliphatic rings. The van der Waals surface area contributed by atoms with E-state index in [9.17, 15) is 0 Å². The SMILES string of the molecule is CC(C)Nc1nc2c(s1)CSc1ccccc1-2. The van der Waals surface area contributed by atoms with Gasteiger partial charge in [-0.2, -0.15) is 0 Å². The Hall–Kier alpha value is -1.00. The molecule has 0 atom stereocenters. The van der Waals surface area contributed by atoms with Crippen molar-refractivity contribution >= 4 is 28.2 Å². The molecule has 1 N–H and O–H groups in total. The molecule has 0 aliphatic carbocycles. The molecule has 0 amide bonds. The molecule has 0 spiro atoms. The zero-order valence-corrected chi connectivity index (χ0v) is 11.5. The summed E-state index contributed by atoms with van der Waals surface area (Å²) in [7, 11) is 0. The van der Waals surface area contributed by atoms with Gasteiger partial charge in [0, 0.05) is 27.1 Å². The second-order valence-corrected chi connectivity index (χ2v) is 6.48. The largest absolute Gasteiger partial charge is 0.359 e. The standard InChI is InChI=1S/C13H14N2S2/c1-8(2)14-13-15-12-9-5-3-4-6-10(9)16-7-11(12)17-13/h3-6,8H,7H2,1-2H3,(H,14,15). The lowest BCUT2D eigenvalue weighted by Gasteiger charge is -2.13. The molecule has 0 radical (unpaired) electrons. The summed E-state index contributed by atoms with van der Waals surface area (Å²) in [4.78, 5) is 7.46. The molecule has 0 saturated carbocycles. The number of benzene rings is 1. The molecule has 0 saturated heterocycles. The number of thiazole rings is 1. The average molecular weight is 262 g/mol. The molecule has 1 aromatic heterocycles. The van der Waals surface area contributed by atoms with Gasteiger partial charge in [-0.15, -0.1) is 23.1 Å². The molecular formula is C13H14N2S2. The predicted octanol–water partition coefficient (Wildman–Crippen LogP) is 4.24. The number of nitrogens with one attached hydrogen (secondary N) is 1. The second-order valence-electron chi connectivity index (χ2n) is 4.37. The minimum atomic E-state index is 0.436. The van der Waals surface area contributed by atoms with Crippen molar-refractivity contribution in [3.05, 3.63) is 29.1 Å². The highest BCUT2D eigenvalue weighted by atomic mass is 32.2. The quantitative estimate of drug-likeness (QED) is 0.876. The van der Waals surface area contributed by atoms with Gasteiger partial charge in [-0.25, -0.2) is 4.98 Å². The van der Waals surface area contributed by atoms with Crippen LogP contribution in [0, 0.1) is 0 Å². The van der Waals surface area contributed by atoms with Gasteiger partial charge in [-0.3, -0.25) is 0 Å². The van der Waals surface area contributed by atoms with Crippen LogP contribution in [-0.4, -0.2) is 11.0 Å². The molecule has 0 unspecified atom stereocenters. The van der Waals surface area contributed by atoms with E-state index < -0.39 is 0 Å². The third-order valence-corrected chi connectivity index (χ3v) is 4.88. The van der Waals surface area contributed by atoms with Gasteiger partial charge < -0.3 is 5.32 Å². The first-order valence-corrected chi connectivity index (χ1v) is 7.52. The Morgan fingerprint density at radius 2 is 2.12 bits per heavy atom. The minimum Gasteiger partial charge on any atom is -0.359 e. The van der Waals surface area contributed by atoms with Gasteiger partial charge in [0.25, 0.3) is 0 Å². The van der Waals surface area contributed by atoms with E-state index in [0.717, 1.165) is 10.9 Å². The Morgan fingerprint density at radius 1 is 1.29 bits per heavy atom. The molecule has 2 heterocycles. The molecule has 4 heteroatoms. The topological polar surface area (TPSA) is 24.9 Å². The van der Waals surface area contributed by atoms with E-state index in [1.165, 1.54) is 21.0 Å². The summed E-state index contributed by atoms with van der Waals surface area (Å²) < 4.78 is 0. The average Bonchev–Trinajstić information content (AvgIpc) is 2.70. The van der Waals surface area contributed by atoms with Crippen LogP contribution in [0.3, 0.4) is 0 Å². The van der Waals surface area contributed by atoms with Crippen molar-refractivity contribution in [2.45, 2.75) is 30.5 Å². The van der Waals surface area contributed by atoms with Crippen LogP contribution in [0.5, 0.6) is 0 Å². The first kappa shape index (κ1) is 11.1. The second kappa shape index (κ2) is 4.35. The number of anilines is 1. The predicted molar refractivity (Wildman–Crippen MR) is 75.9 cm³/mol. The van der Waals surface area contributed by atoms with Crippen LogP contribution in [0.4, 0.5) is 5.13 Å². The number of rotatable bonds is 2. The Bertz CT molecular complexity index is 546. The van der Waals surface area contributed by atoms with Gasteiger partial charge in [0.1, 0.15) is 0 Å². The summed E-state index contributed by atoms with van der Waals surface area (Å²) in [5, 5.41) is 4.43. The number of fused-ring (bicyclic) bond motifs is 3. The van der Waals surface area contributed by atoms with Crippen molar-refractivity contribution in [3.63, 3.8) is 0 Å². The number of thioether (sulfide) groups is 1. The van der Waals surface area contributed by atoms with Crippen molar-refractivity contribution in [2.75, 3.05) is 5.32 Å². The normalized spacial score (nSPS) is 13.4. The lowest BCUT2D eigenvalue weighted by molar-refractivity contribution is 0.896. The summed E-state index contributed by atoms with van der Waals surface area (Å²) in [6, 6.07) is 8.96. The van der Waals surface area contributed by atoms with Crippen molar-refractivity contribution < 1.29 is 0 Å². The molecule has 1 aliphatic heterocycles. The first-order valence-electron chi connectivity index (χ1n) is 5.72. The maximum atomic E-state index is 4.73. The fourth-order valence-corrected chi connectivity index (χ4v) is 4.15. The Labute approximate surface area is 109 Å². The van der Waals surface area contributed by atoms with Crippen molar-refractivity contribution in [1.82, 2.24) is 4.98 Å². The summed E-state index contributed by atoms with van der Waals surface area (Å²) in [5.41, 5.74) is 2.46. The minimum absolute atomic E-state index is 0.436. The highest BCUT2D eigenvalue weighted by molar-refractivity contribution is 7.98. The fourth-order valence-electron chi connectivity index (χ4n) is 1.90. The Morgan fingerprint density at radius 3 is 2.94 bits per heavy atom. The van der Waals surface area contributed by atoms with Gasteiger partial charge in [-0.05, 0) is 19.9 Å². The molecule has 2 aromatic rings. The van der Waals surface area contributed by atoms with Crippen molar-refractivity contribution in [1.29, 1.82) is 0 Å². The number of aromatic nitrogens is 1. The lowest BCUT2D eigenvalue weighted by atomic mass is 10.1. The van der Waals surface area contributed by atoms with Crippen LogP contribution in [0.15, 0.2) is 29.2 Å². The first-order chi connectivity index (χ1) is 8.24. The van der Waals surface area contributed by atoms with Gasteiger partial charge in [0.05, 0.1) is 5.69 Å². The summed E-state index contributed by atoms with van der Waals surface area (Å²) in [5.74, 6) is 1.05. The van der Waals surface area contributed by atoms with Gasteiger partial charge in [0.2, 0.25) is 0 Å².